The molecule has 0 aliphatic rings. The van der Waals surface area contributed by atoms with Crippen LogP contribution in [0.15, 0.2) is 34.7 Å². The first-order chi connectivity index (χ1) is 9.71. The summed E-state index contributed by atoms with van der Waals surface area (Å²) in [7, 11) is 0. The van der Waals surface area contributed by atoms with E-state index in [0.717, 1.165) is 23.8 Å². The molecule has 2 aromatic rings. The molecule has 2 rings (SSSR count). The fraction of sp³-hybridized carbons (Fsp3) is 0.438. The molecule has 1 amide bonds. The second kappa shape index (κ2) is 6.80. The van der Waals surface area contributed by atoms with E-state index in [1.54, 1.807) is 6.07 Å². The van der Waals surface area contributed by atoms with Gasteiger partial charge in [0.05, 0.1) is 0 Å². The second-order valence-electron chi connectivity index (χ2n) is 4.81. The number of hydrogen-bond acceptors (Lipinski definition) is 2. The minimum atomic E-state index is -0.0736. The lowest BCUT2D eigenvalue weighted by molar-refractivity contribution is 0.0651. The zero-order valence-electron chi connectivity index (χ0n) is 11.9. The molecule has 0 atom stereocenters. The Balaban J connectivity index is 2.30. The molecule has 1 aromatic carbocycles. The third kappa shape index (κ3) is 2.98. The van der Waals surface area contributed by atoms with E-state index < -0.39 is 0 Å². The minimum Gasteiger partial charge on any atom is -0.451 e. The van der Waals surface area contributed by atoms with Gasteiger partial charge in [-0.25, -0.2) is 0 Å². The molecule has 0 fully saturated rings. The van der Waals surface area contributed by atoms with Gasteiger partial charge in [0.25, 0.3) is 5.91 Å². The van der Waals surface area contributed by atoms with Gasteiger partial charge in [-0.2, -0.15) is 0 Å². The fourth-order valence-electron chi connectivity index (χ4n) is 2.50. The standard InChI is InChI=1S/C16H20ClNO2/c1-3-13(4-2)18(10-9-17)16(19)15-11-12-7-5-6-8-14(12)20-15/h5-8,11,13H,3-4,9-10H2,1-2H3. The fourth-order valence-corrected chi connectivity index (χ4v) is 2.68. The molecule has 4 heteroatoms. The van der Waals surface area contributed by atoms with Crippen molar-refractivity contribution in [2.24, 2.45) is 0 Å². The van der Waals surface area contributed by atoms with Gasteiger partial charge < -0.3 is 9.32 Å². The van der Waals surface area contributed by atoms with Gasteiger partial charge in [-0.3, -0.25) is 4.79 Å². The molecular formula is C16H20ClNO2. The summed E-state index contributed by atoms with van der Waals surface area (Å²) in [5.74, 6) is 0.751. The second-order valence-corrected chi connectivity index (χ2v) is 5.18. The van der Waals surface area contributed by atoms with Crippen molar-refractivity contribution < 1.29 is 9.21 Å². The number of carbonyl (C=O) groups excluding carboxylic acids is 1. The highest BCUT2D eigenvalue weighted by Gasteiger charge is 2.24. The summed E-state index contributed by atoms with van der Waals surface area (Å²) < 4.78 is 5.66. The predicted octanol–water partition coefficient (Wildman–Crippen LogP) is 4.30. The average molecular weight is 294 g/mol. The van der Waals surface area contributed by atoms with E-state index in [2.05, 4.69) is 13.8 Å². The van der Waals surface area contributed by atoms with Crippen LogP contribution >= 0.6 is 11.6 Å². The molecule has 1 heterocycles. The van der Waals surface area contributed by atoms with Crippen molar-refractivity contribution in [1.29, 1.82) is 0 Å². The van der Waals surface area contributed by atoms with Crippen LogP contribution in [0.3, 0.4) is 0 Å². The molecule has 3 nitrogen and oxygen atoms in total. The number of hydrogen-bond donors (Lipinski definition) is 0. The first-order valence-corrected chi connectivity index (χ1v) is 7.60. The Kier molecular flexibility index (Phi) is 5.07. The Bertz CT molecular complexity index is 542. The SMILES string of the molecule is CCC(CC)N(CCCl)C(=O)c1cc2ccccc2o1. The molecule has 0 aliphatic heterocycles. The Labute approximate surface area is 124 Å². The number of benzene rings is 1. The number of furan rings is 1. The Morgan fingerprint density at radius 1 is 1.30 bits per heavy atom. The lowest BCUT2D eigenvalue weighted by atomic mass is 10.1. The largest absolute Gasteiger partial charge is 0.451 e. The number of halogens is 1. The van der Waals surface area contributed by atoms with Crippen LogP contribution < -0.4 is 0 Å². The first kappa shape index (κ1) is 14.9. The van der Waals surface area contributed by atoms with Gasteiger partial charge in [-0.1, -0.05) is 32.0 Å². The topological polar surface area (TPSA) is 33.5 Å². The monoisotopic (exact) mass is 293 g/mol. The molecule has 1 aromatic heterocycles. The van der Waals surface area contributed by atoms with E-state index in [4.69, 9.17) is 16.0 Å². The maximum Gasteiger partial charge on any atom is 0.289 e. The molecule has 0 unspecified atom stereocenters. The maximum atomic E-state index is 12.6. The molecule has 0 saturated heterocycles. The van der Waals surface area contributed by atoms with Crippen molar-refractivity contribution in [3.63, 3.8) is 0 Å². The predicted molar refractivity (Wildman–Crippen MR) is 82.3 cm³/mol. The van der Waals surface area contributed by atoms with E-state index in [-0.39, 0.29) is 11.9 Å². The van der Waals surface area contributed by atoms with Gasteiger partial charge in [0.1, 0.15) is 5.58 Å². The van der Waals surface area contributed by atoms with Crippen LogP contribution in [0.2, 0.25) is 0 Å². The lowest BCUT2D eigenvalue weighted by Gasteiger charge is -2.29. The number of carbonyl (C=O) groups is 1. The number of amides is 1. The van der Waals surface area contributed by atoms with Crippen LogP contribution in [0.25, 0.3) is 11.0 Å². The van der Waals surface area contributed by atoms with Crippen molar-refractivity contribution in [1.82, 2.24) is 4.90 Å². The molecule has 0 N–H and O–H groups in total. The van der Waals surface area contributed by atoms with Crippen molar-refractivity contribution in [3.05, 3.63) is 36.1 Å². The third-order valence-electron chi connectivity index (χ3n) is 3.61. The van der Waals surface area contributed by atoms with E-state index in [1.165, 1.54) is 0 Å². The zero-order valence-corrected chi connectivity index (χ0v) is 12.7. The van der Waals surface area contributed by atoms with Crippen LogP contribution in [0.5, 0.6) is 0 Å². The minimum absolute atomic E-state index is 0.0736. The number of rotatable bonds is 6. The summed E-state index contributed by atoms with van der Waals surface area (Å²) in [6.45, 7) is 4.71. The summed E-state index contributed by atoms with van der Waals surface area (Å²) in [6, 6.07) is 9.66. The first-order valence-electron chi connectivity index (χ1n) is 7.06. The summed E-state index contributed by atoms with van der Waals surface area (Å²) in [5, 5.41) is 0.950. The van der Waals surface area contributed by atoms with Crippen LogP contribution in [0, 0.1) is 0 Å². The molecule has 108 valence electrons. The number of fused-ring (bicyclic) bond motifs is 1. The van der Waals surface area contributed by atoms with Crippen LogP contribution in [0.4, 0.5) is 0 Å². The van der Waals surface area contributed by atoms with Crippen LogP contribution in [-0.2, 0) is 0 Å². The molecule has 0 spiro atoms. The summed E-state index contributed by atoms with van der Waals surface area (Å²) >= 11 is 5.84. The number of nitrogens with zero attached hydrogens (tertiary/aromatic N) is 1. The number of para-hydroxylation sites is 1. The highest BCUT2D eigenvalue weighted by atomic mass is 35.5. The van der Waals surface area contributed by atoms with Gasteiger partial charge in [0.15, 0.2) is 5.76 Å². The van der Waals surface area contributed by atoms with Gasteiger partial charge in [-0.15, -0.1) is 11.6 Å². The molecular weight excluding hydrogens is 274 g/mol. The van der Waals surface area contributed by atoms with Gasteiger partial charge in [0, 0.05) is 23.9 Å². The molecule has 0 aliphatic carbocycles. The average Bonchev–Trinajstić information content (AvgIpc) is 2.90. The molecule has 0 radical (unpaired) electrons. The van der Waals surface area contributed by atoms with Crippen molar-refractivity contribution in [3.8, 4) is 0 Å². The Morgan fingerprint density at radius 3 is 2.60 bits per heavy atom. The molecule has 0 saturated carbocycles. The van der Waals surface area contributed by atoms with Crippen molar-refractivity contribution in [2.45, 2.75) is 32.7 Å². The highest BCUT2D eigenvalue weighted by molar-refractivity contribution is 6.18. The lowest BCUT2D eigenvalue weighted by Crippen LogP contribution is -2.40. The molecule has 0 bridgehead atoms. The van der Waals surface area contributed by atoms with Gasteiger partial charge in [0.2, 0.25) is 0 Å². The Morgan fingerprint density at radius 2 is 2.00 bits per heavy atom. The quantitative estimate of drug-likeness (QED) is 0.744. The van der Waals surface area contributed by atoms with Crippen LogP contribution in [-0.4, -0.2) is 29.3 Å². The van der Waals surface area contributed by atoms with Crippen molar-refractivity contribution in [2.75, 3.05) is 12.4 Å². The van der Waals surface area contributed by atoms with E-state index in [1.807, 2.05) is 29.2 Å². The van der Waals surface area contributed by atoms with E-state index >= 15 is 0 Å². The summed E-state index contributed by atoms with van der Waals surface area (Å²) in [4.78, 5) is 14.5. The zero-order chi connectivity index (χ0) is 14.5. The third-order valence-corrected chi connectivity index (χ3v) is 3.77. The van der Waals surface area contributed by atoms with Gasteiger partial charge >= 0.3 is 0 Å². The van der Waals surface area contributed by atoms with E-state index in [0.29, 0.717) is 18.2 Å². The normalized spacial score (nSPS) is 11.2. The summed E-state index contributed by atoms with van der Waals surface area (Å²) in [6.07, 6.45) is 1.83. The summed E-state index contributed by atoms with van der Waals surface area (Å²) in [5.41, 5.74) is 0.742. The maximum absolute atomic E-state index is 12.6. The number of alkyl halides is 1. The van der Waals surface area contributed by atoms with Crippen molar-refractivity contribution >= 4 is 28.5 Å². The smallest absolute Gasteiger partial charge is 0.289 e. The van der Waals surface area contributed by atoms with Crippen LogP contribution in [0.1, 0.15) is 37.2 Å². The Hall–Kier alpha value is -1.48. The molecule has 20 heavy (non-hydrogen) atoms. The van der Waals surface area contributed by atoms with E-state index in [9.17, 15) is 4.79 Å². The van der Waals surface area contributed by atoms with Gasteiger partial charge in [-0.05, 0) is 25.0 Å². The highest BCUT2D eigenvalue weighted by Crippen LogP contribution is 2.21.